The summed E-state index contributed by atoms with van der Waals surface area (Å²) in [4.78, 5) is 0. The lowest BCUT2D eigenvalue weighted by Crippen LogP contribution is -2.35. The first-order valence-electron chi connectivity index (χ1n) is 5.99. The molecule has 0 nitrogen and oxygen atoms in total. The smallest absolute Gasteiger partial charge is 0.00858 e. The van der Waals surface area contributed by atoms with Crippen LogP contribution in [-0.4, -0.2) is 24.0 Å². The lowest BCUT2D eigenvalue weighted by atomic mass is 9.77. The number of hydrogen-bond donors (Lipinski definition) is 0. The van der Waals surface area contributed by atoms with Gasteiger partial charge in [-0.1, -0.05) is 27.2 Å². The number of hydrogen-bond acceptors (Lipinski definition) is 0. The molecule has 0 aliphatic heterocycles. The van der Waals surface area contributed by atoms with Gasteiger partial charge in [0.1, 0.15) is 0 Å². The van der Waals surface area contributed by atoms with Crippen LogP contribution < -0.4 is 0 Å². The zero-order chi connectivity index (χ0) is 10.9. The molecule has 3 atom stereocenters. The Bertz CT molecular complexity index is 178. The van der Waals surface area contributed by atoms with Crippen LogP contribution in [0.2, 0.25) is 0 Å². The fourth-order valence-electron chi connectivity index (χ4n) is 2.93. The van der Waals surface area contributed by atoms with Crippen molar-refractivity contribution >= 4 is 10.0 Å². The van der Waals surface area contributed by atoms with Crippen molar-refractivity contribution in [2.24, 2.45) is 17.8 Å². The zero-order valence-corrected chi connectivity index (χ0v) is 11.7. The van der Waals surface area contributed by atoms with Crippen molar-refractivity contribution < 1.29 is 0 Å². The molecule has 1 aliphatic rings. The van der Waals surface area contributed by atoms with Crippen LogP contribution >= 0.6 is 10.0 Å². The molecule has 0 radical (unpaired) electrons. The standard InChI is InChI=1S/C13H28S/c1-10(2)12-8-7-11(3)9-13(12)14(4,5)6/h10-13H,7-9H2,1-6H3/t11-,12+,13-/m1/s1. The summed E-state index contributed by atoms with van der Waals surface area (Å²) in [6, 6.07) is 0. The molecule has 0 unspecified atom stereocenters. The Morgan fingerprint density at radius 3 is 2.07 bits per heavy atom. The second-order valence-electron chi connectivity index (χ2n) is 6.30. The summed E-state index contributed by atoms with van der Waals surface area (Å²) >= 11 is 0. The Morgan fingerprint density at radius 2 is 1.64 bits per heavy atom. The van der Waals surface area contributed by atoms with Crippen molar-refractivity contribution in [1.29, 1.82) is 0 Å². The lowest BCUT2D eigenvalue weighted by Gasteiger charge is -2.47. The molecule has 0 heterocycles. The van der Waals surface area contributed by atoms with Gasteiger partial charge in [0.05, 0.1) is 0 Å². The molecule has 1 heteroatoms. The molecule has 14 heavy (non-hydrogen) atoms. The van der Waals surface area contributed by atoms with Crippen molar-refractivity contribution in [3.63, 3.8) is 0 Å². The molecule has 1 aliphatic carbocycles. The molecule has 0 bridgehead atoms. The van der Waals surface area contributed by atoms with Gasteiger partial charge in [0, 0.05) is 0 Å². The maximum absolute atomic E-state index is 2.51. The van der Waals surface area contributed by atoms with Gasteiger partial charge in [-0.25, -0.2) is 10.0 Å². The van der Waals surface area contributed by atoms with E-state index in [9.17, 15) is 0 Å². The van der Waals surface area contributed by atoms with E-state index in [4.69, 9.17) is 0 Å². The summed E-state index contributed by atoms with van der Waals surface area (Å²) in [5.74, 6) is 2.86. The van der Waals surface area contributed by atoms with Crippen molar-refractivity contribution in [3.8, 4) is 0 Å². The van der Waals surface area contributed by atoms with Gasteiger partial charge in [0.15, 0.2) is 0 Å². The van der Waals surface area contributed by atoms with E-state index in [-0.39, 0.29) is 10.0 Å². The first-order valence-corrected chi connectivity index (χ1v) is 8.91. The topological polar surface area (TPSA) is 0 Å². The fourth-order valence-corrected chi connectivity index (χ4v) is 5.33. The molecule has 1 saturated carbocycles. The molecule has 0 spiro atoms. The third-order valence-electron chi connectivity index (χ3n) is 3.87. The van der Waals surface area contributed by atoms with E-state index < -0.39 is 0 Å². The predicted molar refractivity (Wildman–Crippen MR) is 70.5 cm³/mol. The SMILES string of the molecule is CC(C)[C@@H]1CC[C@@H](C)C[C@H]1S(C)(C)C. The van der Waals surface area contributed by atoms with E-state index in [1.165, 1.54) is 19.3 Å². The quantitative estimate of drug-likeness (QED) is 0.651. The summed E-state index contributed by atoms with van der Waals surface area (Å²) in [7, 11) is -0.353. The van der Waals surface area contributed by atoms with Gasteiger partial charge in [-0.15, -0.1) is 0 Å². The van der Waals surface area contributed by atoms with Gasteiger partial charge in [-0.05, 0) is 54.6 Å². The molecular weight excluding hydrogens is 188 g/mol. The molecular formula is C13H28S. The van der Waals surface area contributed by atoms with Crippen molar-refractivity contribution in [3.05, 3.63) is 0 Å². The molecule has 1 rings (SSSR count). The van der Waals surface area contributed by atoms with E-state index in [0.29, 0.717) is 0 Å². The van der Waals surface area contributed by atoms with Crippen molar-refractivity contribution in [1.82, 2.24) is 0 Å². The third kappa shape index (κ3) is 2.92. The average molecular weight is 216 g/mol. The van der Waals surface area contributed by atoms with Crippen molar-refractivity contribution in [2.75, 3.05) is 18.8 Å². The van der Waals surface area contributed by atoms with Crippen LogP contribution in [0, 0.1) is 17.8 Å². The largest absolute Gasteiger partial charge is 0.247 e. The first kappa shape index (κ1) is 12.4. The molecule has 1 fully saturated rings. The van der Waals surface area contributed by atoms with Gasteiger partial charge in [0.25, 0.3) is 0 Å². The summed E-state index contributed by atoms with van der Waals surface area (Å²) in [6.07, 6.45) is 11.9. The Labute approximate surface area is 92.2 Å². The first-order chi connectivity index (χ1) is 6.32. The van der Waals surface area contributed by atoms with Crippen LogP contribution in [0.5, 0.6) is 0 Å². The minimum Gasteiger partial charge on any atom is -0.247 e. The normalized spacial score (nSPS) is 36.1. The van der Waals surface area contributed by atoms with Crippen molar-refractivity contribution in [2.45, 2.75) is 45.3 Å². The molecule has 0 N–H and O–H groups in total. The molecule has 0 amide bonds. The molecule has 0 aromatic heterocycles. The highest BCUT2D eigenvalue weighted by Gasteiger charge is 2.35. The Hall–Kier alpha value is 0.350. The predicted octanol–water partition coefficient (Wildman–Crippen LogP) is 4.14. The maximum atomic E-state index is 2.51. The second kappa shape index (κ2) is 4.47. The summed E-state index contributed by atoms with van der Waals surface area (Å²) in [5, 5.41) is 1.02. The highest BCUT2D eigenvalue weighted by molar-refractivity contribution is 8.32. The van der Waals surface area contributed by atoms with Crippen LogP contribution in [0.15, 0.2) is 0 Å². The monoisotopic (exact) mass is 216 g/mol. The Morgan fingerprint density at radius 1 is 1.07 bits per heavy atom. The average Bonchev–Trinajstić information content (AvgIpc) is 2.01. The van der Waals surface area contributed by atoms with E-state index in [1.54, 1.807) is 0 Å². The van der Waals surface area contributed by atoms with Gasteiger partial charge < -0.3 is 0 Å². The Balaban J connectivity index is 2.74. The second-order valence-corrected chi connectivity index (χ2v) is 10.8. The minimum atomic E-state index is -0.353. The van der Waals surface area contributed by atoms with Gasteiger partial charge >= 0.3 is 0 Å². The fraction of sp³-hybridized carbons (Fsp3) is 1.00. The molecule has 0 aromatic carbocycles. The van der Waals surface area contributed by atoms with Crippen LogP contribution in [0.25, 0.3) is 0 Å². The Kier molecular flexibility index (Phi) is 3.96. The van der Waals surface area contributed by atoms with Crippen LogP contribution in [0.4, 0.5) is 0 Å². The van der Waals surface area contributed by atoms with E-state index in [0.717, 1.165) is 23.0 Å². The highest BCUT2D eigenvalue weighted by Crippen LogP contribution is 2.53. The minimum absolute atomic E-state index is 0.353. The van der Waals surface area contributed by atoms with Crippen LogP contribution in [-0.2, 0) is 0 Å². The van der Waals surface area contributed by atoms with Crippen LogP contribution in [0.1, 0.15) is 40.0 Å². The summed E-state index contributed by atoms with van der Waals surface area (Å²) < 4.78 is 0. The van der Waals surface area contributed by atoms with E-state index in [2.05, 4.69) is 39.5 Å². The summed E-state index contributed by atoms with van der Waals surface area (Å²) in [5.41, 5.74) is 0. The van der Waals surface area contributed by atoms with Crippen LogP contribution in [0.3, 0.4) is 0 Å². The molecule has 0 aromatic rings. The molecule has 86 valence electrons. The number of rotatable bonds is 2. The van der Waals surface area contributed by atoms with Gasteiger partial charge in [-0.3, -0.25) is 0 Å². The third-order valence-corrected chi connectivity index (χ3v) is 6.23. The molecule has 0 saturated heterocycles. The maximum Gasteiger partial charge on any atom is -0.00858 e. The lowest BCUT2D eigenvalue weighted by molar-refractivity contribution is 0.242. The van der Waals surface area contributed by atoms with E-state index >= 15 is 0 Å². The summed E-state index contributed by atoms with van der Waals surface area (Å²) in [6.45, 7) is 7.27. The van der Waals surface area contributed by atoms with E-state index in [1.807, 2.05) is 0 Å². The van der Waals surface area contributed by atoms with Gasteiger partial charge in [-0.2, -0.15) is 0 Å². The zero-order valence-electron chi connectivity index (χ0n) is 10.8. The highest BCUT2D eigenvalue weighted by atomic mass is 32.3. The van der Waals surface area contributed by atoms with Gasteiger partial charge in [0.2, 0.25) is 0 Å².